The Morgan fingerprint density at radius 3 is 1.02 bits per heavy atom. The minimum absolute atomic E-state index is 0. The number of primary amides is 2. The first-order valence-electron chi connectivity index (χ1n) is 27.1. The fourth-order valence-electron chi connectivity index (χ4n) is 8.37. The van der Waals surface area contributed by atoms with Gasteiger partial charge in [-0.2, -0.15) is 0 Å². The van der Waals surface area contributed by atoms with Crippen molar-refractivity contribution in [2.45, 2.75) is 336 Å². The summed E-state index contributed by atoms with van der Waals surface area (Å²) in [5, 5.41) is 11.7. The molecular weight excluding hydrogens is 1290 g/mol. The molecule has 0 rings (SSSR count). The average Bonchev–Trinajstić information content (AvgIpc) is 3.27. The van der Waals surface area contributed by atoms with Crippen molar-refractivity contribution < 1.29 is 80.0 Å². The van der Waals surface area contributed by atoms with Crippen LogP contribution in [0.1, 0.15) is 247 Å². The van der Waals surface area contributed by atoms with Crippen LogP contribution in [-0.2, 0) is 41.1 Å². The number of hydrogen-bond donors (Lipinski definition) is 4. The Morgan fingerprint density at radius 2 is 0.791 bits per heavy atom. The number of nitrogens with one attached hydrogen (secondary N) is 1. The van der Waals surface area contributed by atoms with Gasteiger partial charge in [0.05, 0.1) is 54.4 Å². The van der Waals surface area contributed by atoms with Crippen molar-refractivity contribution >= 4 is 89.4 Å². The summed E-state index contributed by atoms with van der Waals surface area (Å²) in [7, 11) is 1.47. The highest BCUT2D eigenvalue weighted by Gasteiger charge is 2.36. The van der Waals surface area contributed by atoms with Crippen LogP contribution < -0.4 is 41.6 Å². The molecule has 0 aliphatic heterocycles. The van der Waals surface area contributed by atoms with Crippen molar-refractivity contribution in [3.05, 3.63) is 0 Å². The lowest BCUT2D eigenvalue weighted by Crippen LogP contribution is -3.00. The Labute approximate surface area is 602 Å². The maximum absolute atomic E-state index is 12.5. The van der Waals surface area contributed by atoms with E-state index in [-0.39, 0.29) is 199 Å². The van der Waals surface area contributed by atoms with Crippen molar-refractivity contribution in [3.63, 3.8) is 0 Å². The minimum Gasteiger partial charge on any atom is -1.00 e. The first kappa shape index (κ1) is 169. The van der Waals surface area contributed by atoms with E-state index in [0.717, 1.165) is 36.8 Å². The lowest BCUT2D eigenvalue weighted by molar-refractivity contribution is -0.891. The normalized spacial score (nSPS) is 11.0. The quantitative estimate of drug-likeness (QED) is 0.0157. The van der Waals surface area contributed by atoms with Gasteiger partial charge < -0.3 is 68.0 Å². The Morgan fingerprint density at radius 1 is 0.495 bits per heavy atom. The summed E-state index contributed by atoms with van der Waals surface area (Å²) in [6.07, 6.45) is 7.53. The lowest BCUT2D eigenvalue weighted by Gasteiger charge is -2.35. The molecule has 3 amide bonds. The molecule has 0 aliphatic rings. The standard InChI is InChI=1S/C17H38N2O5Si3.C11H29NO3Si3.2C10H24N.C2H2O2.18CH4.2ClH/c1-7-13(16(18)22)10-14(17(23)19-15(21)11-20)8-9-26(3,4)24-27(5,6)12-25-2;1-7-10(11(12)13)8-9-17(3,4)15-18(5,6)14-16-2;2*1-6-10(7-2)9-11(4,5)8-3;3-1-2-4;;;;;;;;;;;;;;;;;;;;/h11,13-15,21H,7-10,12,25H2,1-6H3,(H2,18,22)(H,19,23);10H,7-9,16H2,1-6H3,(H2,12,13);2*10H,6-9H2,1-5H3;1-2H;18*1H4;2*1H/q;;2*+1;;;;;;;;;;;;;;;;;;;;;/p-2. The number of halogens is 2. The molecule has 0 fully saturated rings. The second kappa shape index (κ2) is 91.1. The molecule has 584 valence electrons. The summed E-state index contributed by atoms with van der Waals surface area (Å²) in [6, 6.07) is 1.75. The first-order chi connectivity index (χ1) is 32.5. The third-order valence-corrected chi connectivity index (χ3v) is 35.7. The molecule has 0 saturated carbocycles. The molecule has 0 radical (unpaired) electrons. The van der Waals surface area contributed by atoms with E-state index in [2.05, 4.69) is 141 Å². The predicted molar refractivity (Wildman–Crippen MR) is 436 cm³/mol. The Balaban J connectivity index is -0.0000000265. The molecule has 23 heteroatoms. The van der Waals surface area contributed by atoms with Crippen LogP contribution in [0, 0.1) is 29.6 Å². The van der Waals surface area contributed by atoms with E-state index >= 15 is 0 Å². The molecule has 0 bridgehead atoms. The molecule has 0 heterocycles. The zero-order valence-corrected chi connectivity index (χ0v) is 59.2. The minimum atomic E-state index is -1.97. The van der Waals surface area contributed by atoms with Crippen LogP contribution in [0.2, 0.25) is 83.2 Å². The van der Waals surface area contributed by atoms with Gasteiger partial charge in [0.2, 0.25) is 17.7 Å². The summed E-state index contributed by atoms with van der Waals surface area (Å²) in [5.74, 6) is -0.0935. The van der Waals surface area contributed by atoms with E-state index < -0.39 is 73.2 Å². The van der Waals surface area contributed by atoms with Crippen molar-refractivity contribution in [1.82, 2.24) is 5.32 Å². The van der Waals surface area contributed by atoms with E-state index in [0.29, 0.717) is 19.3 Å². The van der Waals surface area contributed by atoms with Gasteiger partial charge in [0, 0.05) is 39.1 Å². The molecule has 15 nitrogen and oxygen atoms in total. The Hall–Kier alpha value is -0.939. The lowest BCUT2D eigenvalue weighted by atomic mass is 9.89. The number of aldehydes is 3. The zero-order valence-electron chi connectivity index (χ0n) is 50.9. The van der Waals surface area contributed by atoms with Crippen molar-refractivity contribution in [3.8, 4) is 0 Å². The van der Waals surface area contributed by atoms with Gasteiger partial charge in [-0.25, -0.2) is 0 Å². The van der Waals surface area contributed by atoms with E-state index in [1.807, 2.05) is 13.8 Å². The molecule has 0 saturated heterocycles. The number of hydrogen-bond acceptors (Lipinski definition) is 10. The molecule has 0 aliphatic carbocycles. The van der Waals surface area contributed by atoms with Crippen molar-refractivity contribution in [2.75, 3.05) is 54.4 Å². The van der Waals surface area contributed by atoms with Crippen LogP contribution in [0.15, 0.2) is 0 Å². The largest absolute Gasteiger partial charge is 1.00 e. The van der Waals surface area contributed by atoms with Gasteiger partial charge in [-0.1, -0.05) is 188 Å². The van der Waals surface area contributed by atoms with Gasteiger partial charge in [-0.05, 0) is 142 Å². The number of aliphatic hydroxyl groups excluding tert-OH is 1. The van der Waals surface area contributed by atoms with Gasteiger partial charge in [0.25, 0.3) is 0 Å². The second-order valence-corrected chi connectivity index (χ2v) is 43.4. The van der Waals surface area contributed by atoms with E-state index in [4.69, 9.17) is 33.4 Å². The van der Waals surface area contributed by atoms with Crippen molar-refractivity contribution in [1.29, 1.82) is 0 Å². The van der Waals surface area contributed by atoms with Crippen LogP contribution in [0.25, 0.3) is 0 Å². The van der Waals surface area contributed by atoms with Crippen LogP contribution in [0.5, 0.6) is 0 Å². The molecule has 4 atom stereocenters. The number of carbonyl (C=O) groups excluding carboxylic acids is 6. The summed E-state index contributed by atoms with van der Waals surface area (Å²) in [6.45, 7) is 44.6. The average molecular weight is 1480 g/mol. The third kappa shape index (κ3) is 100. The number of nitrogens with zero attached hydrogens (tertiary/aromatic N) is 2. The Kier molecular flexibility index (Phi) is 169. The van der Waals surface area contributed by atoms with Gasteiger partial charge in [0.15, 0.2) is 50.0 Å². The highest BCUT2D eigenvalue weighted by atomic mass is 35.5. The third-order valence-electron chi connectivity index (χ3n) is 13.3. The highest BCUT2D eigenvalue weighted by Crippen LogP contribution is 2.28. The maximum Gasteiger partial charge on any atom is 0.310 e. The van der Waals surface area contributed by atoms with Crippen molar-refractivity contribution in [2.24, 2.45) is 41.1 Å². The molecule has 0 spiro atoms. The van der Waals surface area contributed by atoms with Crippen LogP contribution in [0.3, 0.4) is 0 Å². The smallest absolute Gasteiger partial charge is 0.310 e. The van der Waals surface area contributed by atoms with Crippen LogP contribution >= 0.6 is 0 Å². The number of rotatable bonds is 34. The van der Waals surface area contributed by atoms with E-state index in [1.165, 1.54) is 66.5 Å². The number of aliphatic hydroxyl groups is 1. The molecule has 6 N–H and O–H groups in total. The molecular formula is C68H189Cl2N5O10Si6. The van der Waals surface area contributed by atoms with Crippen LogP contribution in [0.4, 0.5) is 0 Å². The van der Waals surface area contributed by atoms with Gasteiger partial charge in [-0.3, -0.25) is 28.8 Å². The number of quaternary nitrogens is 2. The first-order valence-corrected chi connectivity index (χ1v) is 43.7. The van der Waals surface area contributed by atoms with E-state index in [9.17, 15) is 24.3 Å². The molecule has 0 aromatic heterocycles. The summed E-state index contributed by atoms with van der Waals surface area (Å²) < 4.78 is 21.0. The number of nitrogens with two attached hydrogens (primary N) is 2. The summed E-state index contributed by atoms with van der Waals surface area (Å²) in [4.78, 5) is 63.6. The fraction of sp³-hybridized carbons (Fsp3) is 0.912. The zero-order chi connectivity index (χ0) is 56.9. The molecule has 91 heavy (non-hydrogen) atoms. The maximum atomic E-state index is 12.5. The number of amides is 3. The van der Waals surface area contributed by atoms with Gasteiger partial charge >= 0.3 is 8.56 Å². The molecule has 4 unspecified atom stereocenters. The van der Waals surface area contributed by atoms with Gasteiger partial charge in [0.1, 0.15) is 9.76 Å². The highest BCUT2D eigenvalue weighted by molar-refractivity contribution is 6.88. The summed E-state index contributed by atoms with van der Waals surface area (Å²) in [5.41, 5.74) is 12.1. The molecule has 0 aromatic rings. The summed E-state index contributed by atoms with van der Waals surface area (Å²) >= 11 is 0. The topological polar surface area (TPSA) is 214 Å². The Bertz CT molecular complexity index is 1410. The monoisotopic (exact) mass is 1470 g/mol. The molecule has 0 aromatic carbocycles. The predicted octanol–water partition coefficient (Wildman–Crippen LogP) is 13.0. The second-order valence-electron chi connectivity index (χ2n) is 22.7. The van der Waals surface area contributed by atoms with E-state index in [1.54, 1.807) is 0 Å². The SMILES string of the molecule is C.C.C.C.C.C.C.C.C.C.C.C.C.C.C.C.C.C.CCC(CC(CC[Si](C)(C)O[Si](C)(C)C[SiH2]C)C(=O)NC(O)C=O)C(N)=O.CCC(CC)C[N+](C)(C)CC.CCC(CC)C[N+](C)(C)CC.CCC(CC[Si](C)(C)O[Si](C)(C)O[SiH2]C)C(N)=O.O=CC=O.[Cl-].[Cl-]. The van der Waals surface area contributed by atoms with Gasteiger partial charge in [-0.15, -0.1) is 0 Å². The fourth-order valence-corrected chi connectivity index (χ4v) is 32.3. The number of carbonyl (C=O) groups is 6. The van der Waals surface area contributed by atoms with Crippen LogP contribution in [-0.4, -0.2) is 164 Å².